The number of carbonyl (C=O) groups is 1. The highest BCUT2D eigenvalue weighted by Crippen LogP contribution is 2.18. The lowest BCUT2D eigenvalue weighted by Gasteiger charge is -2.17. The third-order valence-electron chi connectivity index (χ3n) is 3.32. The fourth-order valence-corrected chi connectivity index (χ4v) is 3.04. The zero-order valence-electron chi connectivity index (χ0n) is 14.6. The molecule has 1 amide bonds. The largest absolute Gasteiger partial charge is 0.322 e. The van der Waals surface area contributed by atoms with Crippen molar-refractivity contribution in [2.45, 2.75) is 31.1 Å². The molecule has 0 saturated carbocycles. The molecule has 0 aromatic carbocycles. The highest BCUT2D eigenvalue weighted by atomic mass is 32.2. The molecule has 2 heterocycles. The monoisotopic (exact) mass is 363 g/mol. The molecular formula is C16H21N5O3S. The summed E-state index contributed by atoms with van der Waals surface area (Å²) in [4.78, 5) is 24.3. The van der Waals surface area contributed by atoms with Crippen molar-refractivity contribution in [2.24, 2.45) is 0 Å². The van der Waals surface area contributed by atoms with E-state index in [-0.39, 0.29) is 16.9 Å². The summed E-state index contributed by atoms with van der Waals surface area (Å²) in [6.45, 7) is 5.62. The van der Waals surface area contributed by atoms with E-state index in [1.54, 1.807) is 0 Å². The Morgan fingerprint density at radius 3 is 2.36 bits per heavy atom. The summed E-state index contributed by atoms with van der Waals surface area (Å²) in [7, 11) is -2.44. The molecule has 2 rings (SSSR count). The van der Waals surface area contributed by atoms with Gasteiger partial charge in [-0.2, -0.15) is 4.31 Å². The average Bonchev–Trinajstić information content (AvgIpc) is 2.55. The Morgan fingerprint density at radius 2 is 1.84 bits per heavy atom. The summed E-state index contributed by atoms with van der Waals surface area (Å²) in [5.74, 6) is 0.170. The minimum atomic E-state index is -3.77. The maximum atomic E-state index is 12.4. The number of likely N-dealkylation sites (N-methyl/N-ethyl adjacent to an activating group) is 1. The highest BCUT2D eigenvalue weighted by Gasteiger charge is 2.23. The molecule has 0 spiro atoms. The van der Waals surface area contributed by atoms with Gasteiger partial charge in [-0.15, -0.1) is 0 Å². The zero-order chi connectivity index (χ0) is 18.7. The molecule has 25 heavy (non-hydrogen) atoms. The molecule has 8 nitrogen and oxygen atoms in total. The van der Waals surface area contributed by atoms with E-state index in [0.717, 1.165) is 4.31 Å². The van der Waals surface area contributed by atoms with E-state index < -0.39 is 15.9 Å². The number of hydrogen-bond donors (Lipinski definition) is 1. The van der Waals surface area contributed by atoms with E-state index in [9.17, 15) is 13.2 Å². The van der Waals surface area contributed by atoms with Crippen LogP contribution in [0.15, 0.2) is 41.8 Å². The molecule has 9 heteroatoms. The molecule has 134 valence electrons. The van der Waals surface area contributed by atoms with Gasteiger partial charge in [0, 0.05) is 24.9 Å². The number of nitrogens with zero attached hydrogens (tertiary/aromatic N) is 4. The number of rotatable bonds is 5. The van der Waals surface area contributed by atoms with Crippen LogP contribution in [0.25, 0.3) is 0 Å². The van der Waals surface area contributed by atoms with Crippen molar-refractivity contribution in [1.29, 1.82) is 0 Å². The van der Waals surface area contributed by atoms with Gasteiger partial charge in [0.2, 0.25) is 15.9 Å². The Bertz CT molecular complexity index is 830. The van der Waals surface area contributed by atoms with Crippen LogP contribution in [0, 0.1) is 0 Å². The molecule has 0 radical (unpaired) electrons. The van der Waals surface area contributed by atoms with Crippen LogP contribution < -0.4 is 5.32 Å². The molecule has 0 atom stereocenters. The lowest BCUT2D eigenvalue weighted by molar-refractivity contribution is -0.116. The standard InChI is InChI=1S/C16H21N5O3S/c1-16(2,3)15-18-8-12(9-19-15)20-14(22)11-21(4)25(23,24)13-6-5-7-17-10-13/h5-10H,11H2,1-4H3,(H,20,22). The number of hydrogen-bond acceptors (Lipinski definition) is 6. The third kappa shape index (κ3) is 4.80. The molecule has 0 fully saturated rings. The van der Waals surface area contributed by atoms with Gasteiger partial charge < -0.3 is 5.32 Å². The Balaban J connectivity index is 2.02. The van der Waals surface area contributed by atoms with Crippen LogP contribution in [-0.2, 0) is 20.2 Å². The van der Waals surface area contributed by atoms with Gasteiger partial charge in [0.15, 0.2) is 0 Å². The van der Waals surface area contributed by atoms with E-state index in [0.29, 0.717) is 11.5 Å². The van der Waals surface area contributed by atoms with Gasteiger partial charge in [0.05, 0.1) is 24.6 Å². The van der Waals surface area contributed by atoms with Crippen LogP contribution in [-0.4, -0.2) is 47.2 Å². The quantitative estimate of drug-likeness (QED) is 0.861. The molecule has 0 saturated heterocycles. The lowest BCUT2D eigenvalue weighted by Crippen LogP contribution is -2.35. The molecule has 1 N–H and O–H groups in total. The molecule has 2 aromatic rings. The van der Waals surface area contributed by atoms with Gasteiger partial charge in [-0.05, 0) is 12.1 Å². The Labute approximate surface area is 147 Å². The molecule has 0 bridgehead atoms. The van der Waals surface area contributed by atoms with Crippen LogP contribution in [0.2, 0.25) is 0 Å². The second-order valence-corrected chi connectivity index (χ2v) is 8.59. The third-order valence-corrected chi connectivity index (χ3v) is 5.10. The van der Waals surface area contributed by atoms with Crippen molar-refractivity contribution in [3.63, 3.8) is 0 Å². The SMILES string of the molecule is CN(CC(=O)Nc1cnc(C(C)(C)C)nc1)S(=O)(=O)c1cccnc1. The number of carbonyl (C=O) groups excluding carboxylic acids is 1. The van der Waals surface area contributed by atoms with Crippen LogP contribution in [0.4, 0.5) is 5.69 Å². The number of pyridine rings is 1. The number of amides is 1. The maximum absolute atomic E-state index is 12.4. The van der Waals surface area contributed by atoms with E-state index in [1.807, 2.05) is 20.8 Å². The van der Waals surface area contributed by atoms with Gasteiger partial charge in [0.1, 0.15) is 10.7 Å². The smallest absolute Gasteiger partial charge is 0.244 e. The molecule has 2 aromatic heterocycles. The molecule has 0 aliphatic heterocycles. The lowest BCUT2D eigenvalue weighted by atomic mass is 9.96. The molecular weight excluding hydrogens is 342 g/mol. The molecule has 0 aliphatic carbocycles. The topological polar surface area (TPSA) is 105 Å². The number of aromatic nitrogens is 3. The Hall–Kier alpha value is -2.39. The summed E-state index contributed by atoms with van der Waals surface area (Å²) in [5, 5.41) is 2.59. The fourth-order valence-electron chi connectivity index (χ4n) is 1.95. The van der Waals surface area contributed by atoms with E-state index in [4.69, 9.17) is 0 Å². The average molecular weight is 363 g/mol. The van der Waals surface area contributed by atoms with Crippen molar-refractivity contribution in [3.8, 4) is 0 Å². The first-order chi connectivity index (χ1) is 11.6. The number of sulfonamides is 1. The first-order valence-electron chi connectivity index (χ1n) is 7.59. The number of nitrogens with one attached hydrogen (secondary N) is 1. The minimum absolute atomic E-state index is 0.0307. The van der Waals surface area contributed by atoms with E-state index in [2.05, 4.69) is 20.3 Å². The van der Waals surface area contributed by atoms with Gasteiger partial charge in [0.25, 0.3) is 0 Å². The van der Waals surface area contributed by atoms with Crippen LogP contribution in [0.3, 0.4) is 0 Å². The van der Waals surface area contributed by atoms with Crippen LogP contribution >= 0.6 is 0 Å². The van der Waals surface area contributed by atoms with E-state index >= 15 is 0 Å². The summed E-state index contributed by atoms with van der Waals surface area (Å²) >= 11 is 0. The predicted octanol–water partition coefficient (Wildman–Crippen LogP) is 1.43. The summed E-state index contributed by atoms with van der Waals surface area (Å²) in [6, 6.07) is 2.95. The number of anilines is 1. The minimum Gasteiger partial charge on any atom is -0.322 e. The second kappa shape index (κ2) is 7.24. The van der Waals surface area contributed by atoms with Crippen molar-refractivity contribution in [1.82, 2.24) is 19.3 Å². The normalized spacial score (nSPS) is 12.2. The van der Waals surface area contributed by atoms with Crippen molar-refractivity contribution in [3.05, 3.63) is 42.7 Å². The van der Waals surface area contributed by atoms with Crippen molar-refractivity contribution < 1.29 is 13.2 Å². The van der Waals surface area contributed by atoms with Gasteiger partial charge in [-0.25, -0.2) is 18.4 Å². The van der Waals surface area contributed by atoms with Gasteiger partial charge in [-0.3, -0.25) is 9.78 Å². The zero-order valence-corrected chi connectivity index (χ0v) is 15.4. The van der Waals surface area contributed by atoms with E-state index in [1.165, 1.54) is 44.0 Å². The highest BCUT2D eigenvalue weighted by molar-refractivity contribution is 7.89. The molecule has 0 aliphatic rings. The van der Waals surface area contributed by atoms with Crippen LogP contribution in [0.1, 0.15) is 26.6 Å². The first-order valence-corrected chi connectivity index (χ1v) is 9.03. The summed E-state index contributed by atoms with van der Waals surface area (Å²) in [6.07, 6.45) is 5.72. The molecule has 0 unspecified atom stereocenters. The fraction of sp³-hybridized carbons (Fsp3) is 0.375. The van der Waals surface area contributed by atoms with Crippen molar-refractivity contribution >= 4 is 21.6 Å². The maximum Gasteiger partial charge on any atom is 0.244 e. The Kier molecular flexibility index (Phi) is 5.48. The van der Waals surface area contributed by atoms with Gasteiger partial charge >= 0.3 is 0 Å². The summed E-state index contributed by atoms with van der Waals surface area (Å²) < 4.78 is 25.7. The predicted molar refractivity (Wildman–Crippen MR) is 93.4 cm³/mol. The van der Waals surface area contributed by atoms with Crippen LogP contribution in [0.5, 0.6) is 0 Å². The van der Waals surface area contributed by atoms with Crippen molar-refractivity contribution in [2.75, 3.05) is 18.9 Å². The summed E-state index contributed by atoms with van der Waals surface area (Å²) in [5.41, 5.74) is 0.214. The second-order valence-electron chi connectivity index (χ2n) is 6.54. The first kappa shape index (κ1) is 18.9. The Morgan fingerprint density at radius 1 is 1.20 bits per heavy atom. The van der Waals surface area contributed by atoms with Gasteiger partial charge in [-0.1, -0.05) is 20.8 Å².